The molecule has 0 amide bonds. The first-order valence-corrected chi connectivity index (χ1v) is 18.0. The minimum atomic E-state index is -0.240. The van der Waals surface area contributed by atoms with Crippen LogP contribution in [0.2, 0.25) is 5.02 Å². The van der Waals surface area contributed by atoms with Gasteiger partial charge in [-0.3, -0.25) is 24.8 Å². The highest BCUT2D eigenvalue weighted by Gasteiger charge is 2.21. The molecule has 0 bridgehead atoms. The highest BCUT2D eigenvalue weighted by Crippen LogP contribution is 2.38. The molecule has 0 radical (unpaired) electrons. The Balaban J connectivity index is 1.03. The summed E-state index contributed by atoms with van der Waals surface area (Å²) in [5, 5.41) is 16.2. The molecule has 0 aliphatic carbocycles. The summed E-state index contributed by atoms with van der Waals surface area (Å²) in [4.78, 5) is 23.9. The number of halogens is 1. The molecular formula is C41H42ClN7O. The summed E-state index contributed by atoms with van der Waals surface area (Å²) in [5.74, 6) is 1.42. The SMILES string of the molecule is Cc1c(Cc2nccc3cc(CN4CC[C@H](C)C4)cnc23)cccc1-c1cccc(Nc2nccc3cc(CN4CC[C@@H](O)C4)cnc23)c1Cl. The van der Waals surface area contributed by atoms with E-state index in [0.717, 1.165) is 101 Å². The van der Waals surface area contributed by atoms with E-state index in [9.17, 15) is 5.11 Å². The lowest BCUT2D eigenvalue weighted by Crippen LogP contribution is -2.21. The zero-order valence-electron chi connectivity index (χ0n) is 28.6. The fourth-order valence-electron chi connectivity index (χ4n) is 7.62. The summed E-state index contributed by atoms with van der Waals surface area (Å²) in [6.07, 6.45) is 10.2. The second-order valence-electron chi connectivity index (χ2n) is 14.1. The Morgan fingerprint density at radius 3 is 2.22 bits per heavy atom. The Morgan fingerprint density at radius 1 is 0.800 bits per heavy atom. The summed E-state index contributed by atoms with van der Waals surface area (Å²) in [5.41, 5.74) is 10.2. The second-order valence-corrected chi connectivity index (χ2v) is 14.5. The quantitative estimate of drug-likeness (QED) is 0.159. The van der Waals surface area contributed by atoms with Crippen LogP contribution < -0.4 is 5.32 Å². The van der Waals surface area contributed by atoms with Crippen LogP contribution in [0, 0.1) is 12.8 Å². The third-order valence-electron chi connectivity index (χ3n) is 10.3. The summed E-state index contributed by atoms with van der Waals surface area (Å²) >= 11 is 7.16. The van der Waals surface area contributed by atoms with Gasteiger partial charge in [-0.1, -0.05) is 48.9 Å². The number of β-amino-alcohol motifs (C(OH)–C–C–N with tert-alkyl or cyclic N) is 1. The van der Waals surface area contributed by atoms with Gasteiger partial charge < -0.3 is 10.4 Å². The minimum absolute atomic E-state index is 0.240. The molecule has 50 heavy (non-hydrogen) atoms. The zero-order chi connectivity index (χ0) is 34.2. The Kier molecular flexibility index (Phi) is 9.19. The number of likely N-dealkylation sites (tertiary alicyclic amines) is 2. The van der Waals surface area contributed by atoms with E-state index in [1.54, 1.807) is 6.20 Å². The van der Waals surface area contributed by atoms with Crippen molar-refractivity contribution in [3.8, 4) is 11.1 Å². The van der Waals surface area contributed by atoms with Crippen molar-refractivity contribution in [1.29, 1.82) is 0 Å². The number of nitrogens with one attached hydrogen (secondary N) is 1. The van der Waals surface area contributed by atoms with Gasteiger partial charge in [-0.25, -0.2) is 4.98 Å². The molecule has 0 unspecified atom stereocenters. The number of nitrogens with zero attached hydrogens (tertiary/aromatic N) is 6. The largest absolute Gasteiger partial charge is 0.392 e. The molecule has 4 aromatic heterocycles. The molecule has 2 aromatic carbocycles. The highest BCUT2D eigenvalue weighted by molar-refractivity contribution is 6.36. The van der Waals surface area contributed by atoms with E-state index in [-0.39, 0.29) is 6.10 Å². The average Bonchev–Trinajstić information content (AvgIpc) is 3.73. The summed E-state index contributed by atoms with van der Waals surface area (Å²) < 4.78 is 0. The normalized spacial score (nSPS) is 18.4. The third kappa shape index (κ3) is 6.81. The fourth-order valence-corrected chi connectivity index (χ4v) is 7.89. The molecule has 8 rings (SSSR count). The van der Waals surface area contributed by atoms with Crippen molar-refractivity contribution in [2.24, 2.45) is 5.92 Å². The molecule has 2 fully saturated rings. The van der Waals surface area contributed by atoms with Crippen molar-refractivity contribution in [3.63, 3.8) is 0 Å². The van der Waals surface area contributed by atoms with Crippen molar-refractivity contribution >= 4 is 44.9 Å². The van der Waals surface area contributed by atoms with Crippen molar-refractivity contribution in [1.82, 2.24) is 29.7 Å². The number of hydrogen-bond donors (Lipinski definition) is 2. The van der Waals surface area contributed by atoms with Crippen LogP contribution >= 0.6 is 11.6 Å². The number of aliphatic hydroxyl groups is 1. The maximum absolute atomic E-state index is 9.92. The Bertz CT molecular complexity index is 2030. The van der Waals surface area contributed by atoms with Crippen molar-refractivity contribution in [2.45, 2.75) is 52.3 Å². The number of aromatic nitrogens is 4. The van der Waals surface area contributed by atoms with Gasteiger partial charge in [-0.15, -0.1) is 0 Å². The number of fused-ring (bicyclic) bond motifs is 2. The van der Waals surface area contributed by atoms with Crippen molar-refractivity contribution < 1.29 is 5.11 Å². The van der Waals surface area contributed by atoms with Gasteiger partial charge in [-0.2, -0.15) is 0 Å². The number of pyridine rings is 4. The van der Waals surface area contributed by atoms with E-state index >= 15 is 0 Å². The Hall–Kier alpha value is -4.47. The smallest absolute Gasteiger partial charge is 0.156 e. The van der Waals surface area contributed by atoms with E-state index in [4.69, 9.17) is 26.6 Å². The lowest BCUT2D eigenvalue weighted by Gasteiger charge is -2.17. The molecule has 254 valence electrons. The molecule has 6 heterocycles. The van der Waals surface area contributed by atoms with Crippen LogP contribution in [0.1, 0.15) is 47.7 Å². The summed E-state index contributed by atoms with van der Waals surface area (Å²) in [6, 6.07) is 20.9. The molecule has 2 saturated heterocycles. The van der Waals surface area contributed by atoms with Gasteiger partial charge in [0.25, 0.3) is 0 Å². The topological polar surface area (TPSA) is 90.3 Å². The van der Waals surface area contributed by atoms with Crippen LogP contribution in [0.15, 0.2) is 85.5 Å². The Labute approximate surface area is 298 Å². The molecule has 2 aliphatic heterocycles. The molecule has 2 aliphatic rings. The van der Waals surface area contributed by atoms with Crippen LogP contribution in [0.5, 0.6) is 0 Å². The first kappa shape index (κ1) is 32.7. The minimum Gasteiger partial charge on any atom is -0.392 e. The average molecular weight is 684 g/mol. The van der Waals surface area contributed by atoms with Gasteiger partial charge >= 0.3 is 0 Å². The molecule has 2 N–H and O–H groups in total. The highest BCUT2D eigenvalue weighted by atomic mass is 35.5. The van der Waals surface area contributed by atoms with Crippen LogP contribution in [0.4, 0.5) is 11.5 Å². The lowest BCUT2D eigenvalue weighted by atomic mass is 9.93. The summed E-state index contributed by atoms with van der Waals surface area (Å²) in [6.45, 7) is 10.1. The molecule has 9 heteroatoms. The van der Waals surface area contributed by atoms with Crippen LogP contribution in [-0.4, -0.2) is 67.1 Å². The predicted octanol–water partition coefficient (Wildman–Crippen LogP) is 7.94. The van der Waals surface area contributed by atoms with E-state index in [1.807, 2.05) is 36.8 Å². The number of aliphatic hydroxyl groups excluding tert-OH is 1. The first-order chi connectivity index (χ1) is 24.4. The lowest BCUT2D eigenvalue weighted by molar-refractivity contribution is 0.175. The van der Waals surface area contributed by atoms with Gasteiger partial charge in [0.2, 0.25) is 0 Å². The van der Waals surface area contributed by atoms with E-state index < -0.39 is 0 Å². The number of rotatable bonds is 9. The molecule has 0 spiro atoms. The third-order valence-corrected chi connectivity index (χ3v) is 10.7. The van der Waals surface area contributed by atoms with Gasteiger partial charge in [0.05, 0.1) is 28.0 Å². The molecule has 2 atom stereocenters. The van der Waals surface area contributed by atoms with Gasteiger partial charge in [0, 0.05) is 80.3 Å². The summed E-state index contributed by atoms with van der Waals surface area (Å²) in [7, 11) is 0. The van der Waals surface area contributed by atoms with E-state index in [2.05, 4.69) is 76.4 Å². The van der Waals surface area contributed by atoms with E-state index in [1.165, 1.54) is 17.5 Å². The monoisotopic (exact) mass is 683 g/mol. The number of anilines is 2. The van der Waals surface area contributed by atoms with E-state index in [0.29, 0.717) is 23.8 Å². The number of hydrogen-bond acceptors (Lipinski definition) is 8. The van der Waals surface area contributed by atoms with Gasteiger partial charge in [0.1, 0.15) is 5.52 Å². The van der Waals surface area contributed by atoms with Crippen LogP contribution in [0.25, 0.3) is 32.9 Å². The van der Waals surface area contributed by atoms with Gasteiger partial charge in [0.15, 0.2) is 5.82 Å². The standard InChI is InChI=1S/C41H42ClN7O/c1-26-11-15-48(22-26)23-28-17-31-9-13-43-37(39(31)45-20-28)19-30-5-3-6-34(27(30)2)35-7-4-8-36(38(35)42)47-41-40-32(10-14-44-41)18-29(21-46-40)24-49-16-12-33(50)25-49/h3-10,13-14,17-18,20-21,26,33,50H,11-12,15-16,19,22-25H2,1-2H3,(H,44,47)/t26-,33+/m0/s1. The van der Waals surface area contributed by atoms with Crippen molar-refractivity contribution in [3.05, 3.63) is 118 Å². The maximum Gasteiger partial charge on any atom is 0.156 e. The zero-order valence-corrected chi connectivity index (χ0v) is 29.4. The Morgan fingerprint density at radius 2 is 1.48 bits per heavy atom. The number of benzene rings is 2. The molecule has 6 aromatic rings. The predicted molar refractivity (Wildman–Crippen MR) is 202 cm³/mol. The molecule has 8 nitrogen and oxygen atoms in total. The maximum atomic E-state index is 9.92. The van der Waals surface area contributed by atoms with Gasteiger partial charge in [-0.05, 0) is 90.4 Å². The first-order valence-electron chi connectivity index (χ1n) is 17.6. The second kappa shape index (κ2) is 14.0. The molecule has 0 saturated carbocycles. The van der Waals surface area contributed by atoms with Crippen LogP contribution in [0.3, 0.4) is 0 Å². The van der Waals surface area contributed by atoms with Crippen LogP contribution in [-0.2, 0) is 19.5 Å². The van der Waals surface area contributed by atoms with Crippen molar-refractivity contribution in [2.75, 3.05) is 31.5 Å². The fraction of sp³-hybridized carbons (Fsp3) is 0.317. The molecular weight excluding hydrogens is 642 g/mol.